The molecule has 0 spiro atoms. The molecule has 0 bridgehead atoms. The van der Waals surface area contributed by atoms with E-state index in [1.54, 1.807) is 0 Å². The van der Waals surface area contributed by atoms with Crippen molar-refractivity contribution >= 4 is 28.3 Å². The molecule has 1 saturated carbocycles. The van der Waals surface area contributed by atoms with Crippen molar-refractivity contribution < 1.29 is 4.52 Å². The molecular weight excluding hydrogens is 394 g/mol. The molecule has 1 aliphatic carbocycles. The highest BCUT2D eigenvalue weighted by molar-refractivity contribution is 9.10. The second kappa shape index (κ2) is 6.66. The van der Waals surface area contributed by atoms with E-state index >= 15 is 0 Å². The number of aromatic nitrogens is 4. The molecule has 1 fully saturated rings. The Labute approximate surface area is 153 Å². The fraction of sp³-hybridized carbons (Fsp3) is 0.312. The third-order valence-electron chi connectivity index (χ3n) is 4.32. The highest BCUT2D eigenvalue weighted by Gasteiger charge is 2.36. The van der Waals surface area contributed by atoms with Crippen LogP contribution in [0.15, 0.2) is 39.3 Å². The van der Waals surface area contributed by atoms with E-state index in [-0.39, 0.29) is 12.4 Å². The average Bonchev–Trinajstić information content (AvgIpc) is 3.28. The molecule has 24 heavy (non-hydrogen) atoms. The highest BCUT2D eigenvalue weighted by atomic mass is 79.9. The van der Waals surface area contributed by atoms with Crippen molar-refractivity contribution in [3.8, 4) is 22.8 Å². The molecule has 2 aromatic heterocycles. The molecule has 0 aliphatic heterocycles. The van der Waals surface area contributed by atoms with Gasteiger partial charge in [0.2, 0.25) is 0 Å². The first kappa shape index (κ1) is 17.1. The van der Waals surface area contributed by atoms with E-state index in [2.05, 4.69) is 36.3 Å². The van der Waals surface area contributed by atoms with Crippen LogP contribution in [0.25, 0.3) is 22.8 Å². The molecule has 0 saturated heterocycles. The summed E-state index contributed by atoms with van der Waals surface area (Å²) in [4.78, 5) is 4.47. The predicted octanol–water partition coefficient (Wildman–Crippen LogP) is 4.04. The minimum absolute atomic E-state index is 0. The van der Waals surface area contributed by atoms with E-state index in [1.165, 1.54) is 0 Å². The van der Waals surface area contributed by atoms with Crippen molar-refractivity contribution in [2.45, 2.75) is 31.2 Å². The van der Waals surface area contributed by atoms with Crippen molar-refractivity contribution in [1.29, 1.82) is 0 Å². The Morgan fingerprint density at radius 2 is 1.88 bits per heavy atom. The van der Waals surface area contributed by atoms with E-state index < -0.39 is 5.54 Å². The molecule has 2 heterocycles. The molecule has 4 rings (SSSR count). The predicted molar refractivity (Wildman–Crippen MR) is 96.6 cm³/mol. The summed E-state index contributed by atoms with van der Waals surface area (Å²) < 4.78 is 6.41. The molecule has 0 unspecified atom stereocenters. The van der Waals surface area contributed by atoms with E-state index in [9.17, 15) is 0 Å². The summed E-state index contributed by atoms with van der Waals surface area (Å²) in [6, 6.07) is 9.85. The Morgan fingerprint density at radius 3 is 2.58 bits per heavy atom. The van der Waals surface area contributed by atoms with Gasteiger partial charge in [-0.2, -0.15) is 10.1 Å². The van der Waals surface area contributed by atoms with Gasteiger partial charge in [0.25, 0.3) is 5.89 Å². The topological polar surface area (TPSA) is 93.6 Å². The minimum atomic E-state index is -0.448. The molecule has 3 N–H and O–H groups in total. The Bertz CT molecular complexity index is 823. The first-order valence-electron chi connectivity index (χ1n) is 7.59. The second-order valence-corrected chi connectivity index (χ2v) is 6.88. The lowest BCUT2D eigenvalue weighted by Gasteiger charge is -2.17. The number of nitrogens with one attached hydrogen (secondary N) is 1. The summed E-state index contributed by atoms with van der Waals surface area (Å²) in [6.45, 7) is 0. The number of H-pyrrole nitrogens is 1. The average molecular weight is 411 g/mol. The summed E-state index contributed by atoms with van der Waals surface area (Å²) in [5.74, 6) is 1.01. The van der Waals surface area contributed by atoms with Gasteiger partial charge in [-0.15, -0.1) is 12.4 Å². The van der Waals surface area contributed by atoms with Crippen LogP contribution in [0, 0.1) is 0 Å². The molecule has 0 amide bonds. The molecule has 6 nitrogen and oxygen atoms in total. The normalized spacial score (nSPS) is 16.1. The summed E-state index contributed by atoms with van der Waals surface area (Å²) in [5.41, 5.74) is 8.46. The number of hydrogen-bond acceptors (Lipinski definition) is 5. The SMILES string of the molecule is Cl.NC1(c2noc(-c3cc(-c4ccc(Br)cc4)n[nH]3)n2)CCCC1. The van der Waals surface area contributed by atoms with Gasteiger partial charge in [-0.1, -0.05) is 46.1 Å². The molecule has 1 aliphatic rings. The Morgan fingerprint density at radius 1 is 1.17 bits per heavy atom. The lowest BCUT2D eigenvalue weighted by Crippen LogP contribution is -2.34. The number of nitrogens with two attached hydrogens (primary N) is 1. The lowest BCUT2D eigenvalue weighted by atomic mass is 9.99. The summed E-state index contributed by atoms with van der Waals surface area (Å²) >= 11 is 3.43. The minimum Gasteiger partial charge on any atom is -0.332 e. The lowest BCUT2D eigenvalue weighted by molar-refractivity contribution is 0.372. The third kappa shape index (κ3) is 3.11. The first-order chi connectivity index (χ1) is 11.1. The van der Waals surface area contributed by atoms with Gasteiger partial charge in [-0.3, -0.25) is 5.10 Å². The fourth-order valence-electron chi connectivity index (χ4n) is 2.96. The Kier molecular flexibility index (Phi) is 4.76. The van der Waals surface area contributed by atoms with Crippen molar-refractivity contribution in [3.05, 3.63) is 40.6 Å². The highest BCUT2D eigenvalue weighted by Crippen LogP contribution is 2.35. The van der Waals surface area contributed by atoms with Crippen molar-refractivity contribution in [2.24, 2.45) is 5.73 Å². The molecule has 8 heteroatoms. The fourth-order valence-corrected chi connectivity index (χ4v) is 3.23. The molecule has 3 aromatic rings. The smallest absolute Gasteiger partial charge is 0.276 e. The zero-order valence-corrected chi connectivity index (χ0v) is 15.2. The zero-order chi connectivity index (χ0) is 15.9. The van der Waals surface area contributed by atoms with Crippen molar-refractivity contribution in [3.63, 3.8) is 0 Å². The quantitative estimate of drug-likeness (QED) is 0.679. The van der Waals surface area contributed by atoms with Crippen LogP contribution in [0.4, 0.5) is 0 Å². The summed E-state index contributed by atoms with van der Waals surface area (Å²) in [5, 5.41) is 11.3. The monoisotopic (exact) mass is 409 g/mol. The zero-order valence-electron chi connectivity index (χ0n) is 12.8. The van der Waals surface area contributed by atoms with Crippen LogP contribution in [0.2, 0.25) is 0 Å². The van der Waals surface area contributed by atoms with Crippen molar-refractivity contribution in [2.75, 3.05) is 0 Å². The van der Waals surface area contributed by atoms with Crippen LogP contribution < -0.4 is 5.73 Å². The number of benzene rings is 1. The third-order valence-corrected chi connectivity index (χ3v) is 4.84. The molecule has 1 aromatic carbocycles. The maximum absolute atomic E-state index is 6.37. The molecular formula is C16H17BrClN5O. The number of nitrogens with zero attached hydrogens (tertiary/aromatic N) is 3. The van der Waals surface area contributed by atoms with Crippen LogP contribution in [-0.2, 0) is 5.54 Å². The van der Waals surface area contributed by atoms with Crippen LogP contribution in [0.5, 0.6) is 0 Å². The number of aromatic amines is 1. The van der Waals surface area contributed by atoms with Gasteiger partial charge < -0.3 is 10.3 Å². The second-order valence-electron chi connectivity index (χ2n) is 5.96. The number of halogens is 2. The van der Waals surface area contributed by atoms with E-state index in [0.29, 0.717) is 17.4 Å². The van der Waals surface area contributed by atoms with E-state index in [0.717, 1.165) is 41.4 Å². The molecule has 126 valence electrons. The molecule has 0 radical (unpaired) electrons. The van der Waals surface area contributed by atoms with Crippen LogP contribution in [0.1, 0.15) is 31.5 Å². The maximum Gasteiger partial charge on any atom is 0.276 e. The first-order valence-corrected chi connectivity index (χ1v) is 8.38. The van der Waals surface area contributed by atoms with Gasteiger partial charge in [0.15, 0.2) is 5.82 Å². The van der Waals surface area contributed by atoms with Gasteiger partial charge in [0.1, 0.15) is 5.69 Å². The van der Waals surface area contributed by atoms with Gasteiger partial charge in [0.05, 0.1) is 11.2 Å². The largest absolute Gasteiger partial charge is 0.332 e. The standard InChI is InChI=1S/C16H16BrN5O.ClH/c17-11-5-3-10(4-6-11)12-9-13(21-20-12)14-19-15(22-23-14)16(18)7-1-2-8-16;/h3-6,9H,1-2,7-8,18H2,(H,20,21);1H. The maximum atomic E-state index is 6.37. The number of rotatable bonds is 3. The van der Waals surface area contributed by atoms with Crippen molar-refractivity contribution in [1.82, 2.24) is 20.3 Å². The summed E-state index contributed by atoms with van der Waals surface area (Å²) in [6.07, 6.45) is 4.02. The Hall–Kier alpha value is -1.70. The van der Waals surface area contributed by atoms with Gasteiger partial charge >= 0.3 is 0 Å². The van der Waals surface area contributed by atoms with Gasteiger partial charge in [-0.05, 0) is 31.0 Å². The van der Waals surface area contributed by atoms with Crippen LogP contribution in [-0.4, -0.2) is 20.3 Å². The molecule has 0 atom stereocenters. The van der Waals surface area contributed by atoms with E-state index in [4.69, 9.17) is 10.3 Å². The number of hydrogen-bond donors (Lipinski definition) is 2. The van der Waals surface area contributed by atoms with E-state index in [1.807, 2.05) is 30.3 Å². The Balaban J connectivity index is 0.00000169. The van der Waals surface area contributed by atoms with Gasteiger partial charge in [0, 0.05) is 10.0 Å². The van der Waals surface area contributed by atoms with Crippen LogP contribution in [0.3, 0.4) is 0 Å². The summed E-state index contributed by atoms with van der Waals surface area (Å²) in [7, 11) is 0. The van der Waals surface area contributed by atoms with Gasteiger partial charge in [-0.25, -0.2) is 0 Å². The van der Waals surface area contributed by atoms with Crippen LogP contribution >= 0.6 is 28.3 Å².